The van der Waals surface area contributed by atoms with Crippen LogP contribution in [0.25, 0.3) is 0 Å². The van der Waals surface area contributed by atoms with Crippen LogP contribution in [-0.2, 0) is 4.74 Å². The zero-order valence-electron chi connectivity index (χ0n) is 9.95. The van der Waals surface area contributed by atoms with Crippen molar-refractivity contribution in [2.24, 2.45) is 0 Å². The maximum Gasteiger partial charge on any atom is 0.115 e. The first kappa shape index (κ1) is 12.6. The molecule has 0 bridgehead atoms. The van der Waals surface area contributed by atoms with Crippen molar-refractivity contribution in [3.63, 3.8) is 0 Å². The predicted molar refractivity (Wildman–Crippen MR) is 71.6 cm³/mol. The van der Waals surface area contributed by atoms with Gasteiger partial charge in [-0.25, -0.2) is 0 Å². The number of rotatable bonds is 5. The molecule has 92 valence electrons. The molecule has 1 aliphatic rings. The molecule has 2 heterocycles. The van der Waals surface area contributed by atoms with Crippen LogP contribution in [0, 0.1) is 0 Å². The monoisotopic (exact) mass is 296 g/mol. The van der Waals surface area contributed by atoms with E-state index >= 15 is 0 Å². The maximum absolute atomic E-state index is 5.64. The number of halogens is 1. The van der Waals surface area contributed by atoms with Gasteiger partial charge in [-0.05, 0) is 47.1 Å². The van der Waals surface area contributed by atoms with Gasteiger partial charge in [0.2, 0.25) is 0 Å². The van der Waals surface area contributed by atoms with E-state index in [0.717, 1.165) is 41.9 Å². The predicted octanol–water partition coefficient (Wildman–Crippen LogP) is 3.19. The van der Waals surface area contributed by atoms with Crippen LogP contribution in [0.2, 0.25) is 0 Å². The molecule has 0 saturated carbocycles. The second kappa shape index (κ2) is 6.17. The molecule has 0 aliphatic carbocycles. The second-order valence-electron chi connectivity index (χ2n) is 4.03. The van der Waals surface area contributed by atoms with E-state index in [4.69, 9.17) is 4.74 Å². The van der Waals surface area contributed by atoms with Crippen LogP contribution in [0.15, 0.2) is 34.6 Å². The van der Waals surface area contributed by atoms with Gasteiger partial charge in [0.1, 0.15) is 11.8 Å². The Hall–Kier alpha value is -0.870. The molecule has 1 aromatic heterocycles. The van der Waals surface area contributed by atoms with E-state index in [0.29, 0.717) is 0 Å². The Morgan fingerprint density at radius 1 is 1.53 bits per heavy atom. The summed E-state index contributed by atoms with van der Waals surface area (Å²) < 4.78 is 6.64. The molecule has 0 amide bonds. The van der Waals surface area contributed by atoms with Crippen molar-refractivity contribution >= 4 is 15.9 Å². The number of hydrogen-bond donors (Lipinski definition) is 1. The zero-order valence-corrected chi connectivity index (χ0v) is 11.5. The minimum absolute atomic E-state index is 0.0885. The third-order valence-electron chi connectivity index (χ3n) is 2.66. The lowest BCUT2D eigenvalue weighted by atomic mass is 10.1. The minimum Gasteiger partial charge on any atom is -0.496 e. The smallest absolute Gasteiger partial charge is 0.115 e. The third kappa shape index (κ3) is 3.30. The highest BCUT2D eigenvalue weighted by Crippen LogP contribution is 2.25. The molecule has 1 atom stereocenters. The molecular formula is C13H17BrN2O. The summed E-state index contributed by atoms with van der Waals surface area (Å²) in [5.74, 6) is 1.01. The van der Waals surface area contributed by atoms with E-state index in [9.17, 15) is 0 Å². The van der Waals surface area contributed by atoms with Gasteiger partial charge in [0.15, 0.2) is 0 Å². The van der Waals surface area contributed by atoms with Crippen LogP contribution < -0.4 is 5.32 Å². The Labute approximate surface area is 110 Å². The number of nitrogens with one attached hydrogen (secondary N) is 1. The van der Waals surface area contributed by atoms with Gasteiger partial charge in [-0.3, -0.25) is 4.98 Å². The van der Waals surface area contributed by atoms with E-state index in [1.807, 2.05) is 18.3 Å². The summed E-state index contributed by atoms with van der Waals surface area (Å²) in [4.78, 5) is 4.45. The Kier molecular flexibility index (Phi) is 4.57. The topological polar surface area (TPSA) is 34.1 Å². The van der Waals surface area contributed by atoms with Crippen molar-refractivity contribution in [2.45, 2.75) is 25.8 Å². The maximum atomic E-state index is 5.64. The Balaban J connectivity index is 2.16. The SMILES string of the molecule is CCCNC(C1=CCCO1)c1ccc(Br)cn1. The normalized spacial score (nSPS) is 16.5. The molecular weight excluding hydrogens is 280 g/mol. The summed E-state index contributed by atoms with van der Waals surface area (Å²) in [6, 6.07) is 4.13. The van der Waals surface area contributed by atoms with Crippen molar-refractivity contribution in [1.82, 2.24) is 10.3 Å². The van der Waals surface area contributed by atoms with Gasteiger partial charge in [0, 0.05) is 17.1 Å². The Morgan fingerprint density at radius 3 is 3.00 bits per heavy atom. The van der Waals surface area contributed by atoms with Gasteiger partial charge in [-0.2, -0.15) is 0 Å². The molecule has 1 aliphatic heterocycles. The quantitative estimate of drug-likeness (QED) is 0.906. The highest BCUT2D eigenvalue weighted by Gasteiger charge is 2.21. The van der Waals surface area contributed by atoms with Gasteiger partial charge < -0.3 is 10.1 Å². The molecule has 1 aromatic rings. The number of pyridine rings is 1. The minimum atomic E-state index is 0.0885. The fourth-order valence-corrected chi connectivity index (χ4v) is 2.07. The molecule has 0 radical (unpaired) electrons. The molecule has 0 saturated heterocycles. The fourth-order valence-electron chi connectivity index (χ4n) is 1.84. The first-order chi connectivity index (χ1) is 8.31. The van der Waals surface area contributed by atoms with Crippen molar-refractivity contribution in [2.75, 3.05) is 13.2 Å². The molecule has 1 unspecified atom stereocenters. The van der Waals surface area contributed by atoms with Crippen LogP contribution in [-0.4, -0.2) is 18.1 Å². The van der Waals surface area contributed by atoms with Crippen molar-refractivity contribution < 1.29 is 4.74 Å². The lowest BCUT2D eigenvalue weighted by Crippen LogP contribution is -2.25. The van der Waals surface area contributed by atoms with Crippen LogP contribution in [0.5, 0.6) is 0 Å². The summed E-state index contributed by atoms with van der Waals surface area (Å²) in [5.41, 5.74) is 1.01. The van der Waals surface area contributed by atoms with Gasteiger partial charge >= 0.3 is 0 Å². The van der Waals surface area contributed by atoms with E-state index in [1.54, 1.807) is 0 Å². The fraction of sp³-hybridized carbons (Fsp3) is 0.462. The average Bonchev–Trinajstić information content (AvgIpc) is 2.85. The van der Waals surface area contributed by atoms with E-state index in [2.05, 4.69) is 39.2 Å². The lowest BCUT2D eigenvalue weighted by Gasteiger charge is -2.19. The first-order valence-corrected chi connectivity index (χ1v) is 6.78. The molecule has 3 nitrogen and oxygen atoms in total. The molecule has 0 fully saturated rings. The lowest BCUT2D eigenvalue weighted by molar-refractivity contribution is 0.214. The molecule has 4 heteroatoms. The molecule has 2 rings (SSSR count). The number of nitrogens with zero attached hydrogens (tertiary/aromatic N) is 1. The van der Waals surface area contributed by atoms with E-state index < -0.39 is 0 Å². The molecule has 0 aromatic carbocycles. The highest BCUT2D eigenvalue weighted by atomic mass is 79.9. The zero-order chi connectivity index (χ0) is 12.1. The summed E-state index contributed by atoms with van der Waals surface area (Å²) in [6.07, 6.45) is 6.07. The third-order valence-corrected chi connectivity index (χ3v) is 3.13. The highest BCUT2D eigenvalue weighted by molar-refractivity contribution is 9.10. The van der Waals surface area contributed by atoms with Crippen LogP contribution >= 0.6 is 15.9 Å². The summed E-state index contributed by atoms with van der Waals surface area (Å²) in [7, 11) is 0. The Morgan fingerprint density at radius 2 is 2.41 bits per heavy atom. The van der Waals surface area contributed by atoms with Gasteiger partial charge in [-0.15, -0.1) is 0 Å². The number of hydrogen-bond acceptors (Lipinski definition) is 3. The van der Waals surface area contributed by atoms with E-state index in [1.165, 1.54) is 0 Å². The van der Waals surface area contributed by atoms with Crippen LogP contribution in [0.1, 0.15) is 31.5 Å². The summed E-state index contributed by atoms with van der Waals surface area (Å²) in [5, 5.41) is 3.48. The standard InChI is InChI=1S/C13H17BrN2O/c1-2-7-15-13(12-4-3-8-17-12)11-6-5-10(14)9-16-11/h4-6,9,13,15H,2-3,7-8H2,1H3. The van der Waals surface area contributed by atoms with Crippen molar-refractivity contribution in [3.05, 3.63) is 40.3 Å². The largest absolute Gasteiger partial charge is 0.496 e. The Bertz CT molecular complexity index is 389. The van der Waals surface area contributed by atoms with Crippen molar-refractivity contribution in [1.29, 1.82) is 0 Å². The summed E-state index contributed by atoms with van der Waals surface area (Å²) >= 11 is 3.40. The molecule has 0 spiro atoms. The van der Waals surface area contributed by atoms with E-state index in [-0.39, 0.29) is 6.04 Å². The van der Waals surface area contributed by atoms with Crippen LogP contribution in [0.3, 0.4) is 0 Å². The van der Waals surface area contributed by atoms with Gasteiger partial charge in [0.25, 0.3) is 0 Å². The number of ether oxygens (including phenoxy) is 1. The second-order valence-corrected chi connectivity index (χ2v) is 4.95. The molecule has 1 N–H and O–H groups in total. The van der Waals surface area contributed by atoms with Gasteiger partial charge in [-0.1, -0.05) is 6.92 Å². The molecule has 17 heavy (non-hydrogen) atoms. The van der Waals surface area contributed by atoms with Crippen molar-refractivity contribution in [3.8, 4) is 0 Å². The van der Waals surface area contributed by atoms with Gasteiger partial charge in [0.05, 0.1) is 12.3 Å². The summed E-state index contributed by atoms with van der Waals surface area (Å²) in [6.45, 7) is 3.90. The van der Waals surface area contributed by atoms with Crippen LogP contribution in [0.4, 0.5) is 0 Å². The number of aromatic nitrogens is 1. The average molecular weight is 297 g/mol. The first-order valence-electron chi connectivity index (χ1n) is 5.99.